The molecule has 10 heteroatoms. The lowest BCUT2D eigenvalue weighted by molar-refractivity contribution is 0.0640. The summed E-state index contributed by atoms with van der Waals surface area (Å²) in [6.45, 7) is 5.01. The molecule has 0 saturated carbocycles. The van der Waals surface area contributed by atoms with Gasteiger partial charge >= 0.3 is 0 Å². The third-order valence-corrected chi connectivity index (χ3v) is 7.76. The number of likely N-dealkylation sites (tertiary alicyclic amines) is 1. The number of aromatic amines is 1. The largest absolute Gasteiger partial charge is 0.382 e. The van der Waals surface area contributed by atoms with Gasteiger partial charge in [-0.3, -0.25) is 24.3 Å². The number of hydrogen-bond donors (Lipinski definition) is 2. The predicted molar refractivity (Wildman–Crippen MR) is 158 cm³/mol. The zero-order chi connectivity index (χ0) is 27.1. The molecular formula is C30H32FN5O3S. The second-order valence-corrected chi connectivity index (χ2v) is 10.5. The number of imide groups is 1. The maximum absolute atomic E-state index is 14.2. The highest BCUT2D eigenvalue weighted by molar-refractivity contribution is 7.59. The molecule has 0 radical (unpaired) electrons. The van der Waals surface area contributed by atoms with Gasteiger partial charge in [0.2, 0.25) is 0 Å². The number of hydrogen-bond acceptors (Lipinski definition) is 6. The van der Waals surface area contributed by atoms with Gasteiger partial charge in [-0.15, -0.1) is 0 Å². The Hall–Kier alpha value is -3.76. The average molecular weight is 562 g/mol. The summed E-state index contributed by atoms with van der Waals surface area (Å²) in [4.78, 5) is 50.2. The number of aromatic nitrogens is 1. The Morgan fingerprint density at radius 1 is 1.02 bits per heavy atom. The molecule has 3 aliphatic heterocycles. The zero-order valence-corrected chi connectivity index (χ0v) is 23.3. The van der Waals surface area contributed by atoms with E-state index in [0.29, 0.717) is 65.3 Å². The number of anilines is 1. The van der Waals surface area contributed by atoms with Crippen LogP contribution < -0.4 is 10.9 Å². The Labute approximate surface area is 238 Å². The molecule has 0 spiro atoms. The van der Waals surface area contributed by atoms with Gasteiger partial charge < -0.3 is 15.2 Å². The zero-order valence-electron chi connectivity index (χ0n) is 22.3. The van der Waals surface area contributed by atoms with Gasteiger partial charge in [-0.2, -0.15) is 13.5 Å². The normalized spacial score (nSPS) is 16.9. The molecule has 1 fully saturated rings. The number of pyridine rings is 1. The lowest BCUT2D eigenvalue weighted by Gasteiger charge is -2.19. The first kappa shape index (κ1) is 27.8. The molecule has 3 aromatic rings. The molecular weight excluding hydrogens is 529 g/mol. The first-order valence-electron chi connectivity index (χ1n) is 13.4. The van der Waals surface area contributed by atoms with Gasteiger partial charge in [0, 0.05) is 31.7 Å². The molecule has 3 aliphatic rings. The fourth-order valence-corrected chi connectivity index (χ4v) is 5.77. The number of benzene rings is 2. The summed E-state index contributed by atoms with van der Waals surface area (Å²) < 4.78 is 14.2. The highest BCUT2D eigenvalue weighted by atomic mass is 32.1. The molecule has 0 aliphatic carbocycles. The fourth-order valence-electron chi connectivity index (χ4n) is 5.77. The third-order valence-electron chi connectivity index (χ3n) is 7.76. The number of nitrogens with zero attached hydrogens (tertiary/aromatic N) is 3. The van der Waals surface area contributed by atoms with Crippen molar-refractivity contribution in [1.29, 1.82) is 0 Å². The number of aliphatic imine (C=N–C) groups is 1. The van der Waals surface area contributed by atoms with E-state index >= 15 is 0 Å². The Kier molecular flexibility index (Phi) is 7.91. The summed E-state index contributed by atoms with van der Waals surface area (Å²) in [5.74, 6) is -0.825. The standard InChI is InChI=1S/C30H30FN5O3.H2S/c1-18(14-19-6-2-3-7-23(19)31)33-24-8-9-32-28(37)27(24)26-16-20-15-21-22(17-25(20)34-26)30(39)36(29(21)38)13-12-35-10-4-5-11-35;/h2-3,6-9,15,17-18H,4-5,10-14,16H2,1H3,(H2,32,33,37);1H2. The topological polar surface area (TPSA) is 97.9 Å². The SMILES string of the molecule is CC(Cc1ccccc1F)Nc1cc[nH]c(=O)c1C1=Nc2cc3c(cc2C1)C(=O)N(CCN1CCCC1)C3=O.S. The summed E-state index contributed by atoms with van der Waals surface area (Å²) in [6, 6.07) is 11.7. The van der Waals surface area contributed by atoms with Crippen LogP contribution in [0.5, 0.6) is 0 Å². The number of fused-ring (bicyclic) bond motifs is 2. The maximum Gasteiger partial charge on any atom is 0.261 e. The van der Waals surface area contributed by atoms with Crippen LogP contribution in [0.4, 0.5) is 15.8 Å². The van der Waals surface area contributed by atoms with E-state index in [0.717, 1.165) is 31.5 Å². The molecule has 4 heterocycles. The molecule has 1 atom stereocenters. The minimum Gasteiger partial charge on any atom is -0.382 e. The van der Waals surface area contributed by atoms with Crippen molar-refractivity contribution in [3.63, 3.8) is 0 Å². The van der Waals surface area contributed by atoms with E-state index in [9.17, 15) is 18.8 Å². The van der Waals surface area contributed by atoms with Crippen LogP contribution in [0.1, 0.15) is 57.2 Å². The highest BCUT2D eigenvalue weighted by Gasteiger charge is 2.37. The summed E-state index contributed by atoms with van der Waals surface area (Å²) >= 11 is 0. The number of carbonyl (C=O) groups is 2. The molecule has 1 aromatic heterocycles. The van der Waals surface area contributed by atoms with Crippen LogP contribution in [-0.2, 0) is 12.8 Å². The Balaban J connectivity index is 0.00000323. The van der Waals surface area contributed by atoms with Gasteiger partial charge in [-0.25, -0.2) is 4.39 Å². The van der Waals surface area contributed by atoms with E-state index in [1.165, 1.54) is 11.0 Å². The average Bonchev–Trinajstić information content (AvgIpc) is 3.63. The number of halogens is 1. The van der Waals surface area contributed by atoms with Crippen LogP contribution >= 0.6 is 13.5 Å². The van der Waals surface area contributed by atoms with E-state index < -0.39 is 0 Å². The molecule has 2 aromatic carbocycles. The second kappa shape index (κ2) is 11.4. The summed E-state index contributed by atoms with van der Waals surface area (Å²) in [5, 5.41) is 3.35. The molecule has 1 unspecified atom stereocenters. The van der Waals surface area contributed by atoms with E-state index in [-0.39, 0.29) is 42.7 Å². The molecule has 2 amide bonds. The van der Waals surface area contributed by atoms with Crippen LogP contribution in [0.3, 0.4) is 0 Å². The fraction of sp³-hybridized carbons (Fsp3) is 0.333. The minimum absolute atomic E-state index is 0. The molecule has 6 rings (SSSR count). The van der Waals surface area contributed by atoms with E-state index in [1.807, 2.05) is 6.92 Å². The van der Waals surface area contributed by atoms with Gasteiger partial charge in [0.25, 0.3) is 17.4 Å². The van der Waals surface area contributed by atoms with Crippen molar-refractivity contribution >= 4 is 42.4 Å². The van der Waals surface area contributed by atoms with Crippen LogP contribution in [0.25, 0.3) is 0 Å². The number of nitrogens with one attached hydrogen (secondary N) is 2. The minimum atomic E-state index is -0.294. The number of H-pyrrole nitrogens is 1. The van der Waals surface area contributed by atoms with Crippen molar-refractivity contribution < 1.29 is 14.0 Å². The second-order valence-electron chi connectivity index (χ2n) is 10.5. The van der Waals surface area contributed by atoms with Gasteiger partial charge in [0.15, 0.2) is 0 Å². The number of amides is 2. The Morgan fingerprint density at radius 2 is 1.75 bits per heavy atom. The van der Waals surface area contributed by atoms with Crippen LogP contribution in [-0.4, -0.2) is 64.5 Å². The van der Waals surface area contributed by atoms with Gasteiger partial charge in [-0.1, -0.05) is 18.2 Å². The first-order chi connectivity index (χ1) is 18.9. The molecule has 0 bridgehead atoms. The molecule has 208 valence electrons. The third kappa shape index (κ3) is 5.21. The predicted octanol–water partition coefficient (Wildman–Crippen LogP) is 4.04. The van der Waals surface area contributed by atoms with Crippen molar-refractivity contribution in [2.24, 2.45) is 4.99 Å². The highest BCUT2D eigenvalue weighted by Crippen LogP contribution is 2.36. The Bertz CT molecular complexity index is 1560. The lowest BCUT2D eigenvalue weighted by Crippen LogP contribution is -2.37. The van der Waals surface area contributed by atoms with E-state index in [4.69, 9.17) is 4.99 Å². The maximum atomic E-state index is 14.2. The smallest absolute Gasteiger partial charge is 0.261 e. The number of carbonyl (C=O) groups excluding carboxylic acids is 2. The summed E-state index contributed by atoms with van der Waals surface area (Å²) in [7, 11) is 0. The summed E-state index contributed by atoms with van der Waals surface area (Å²) in [6.07, 6.45) is 4.68. The quantitative estimate of drug-likeness (QED) is 0.405. The van der Waals surface area contributed by atoms with Crippen LogP contribution in [0.2, 0.25) is 0 Å². The molecule has 1 saturated heterocycles. The molecule has 8 nitrogen and oxygen atoms in total. The van der Waals surface area contributed by atoms with Crippen molar-refractivity contribution in [1.82, 2.24) is 14.8 Å². The Morgan fingerprint density at radius 3 is 2.50 bits per heavy atom. The number of rotatable bonds is 8. The van der Waals surface area contributed by atoms with Crippen molar-refractivity contribution in [2.75, 3.05) is 31.5 Å². The van der Waals surface area contributed by atoms with Crippen molar-refractivity contribution in [3.8, 4) is 0 Å². The van der Waals surface area contributed by atoms with Gasteiger partial charge in [-0.05, 0) is 74.7 Å². The lowest BCUT2D eigenvalue weighted by atomic mass is 9.99. The monoisotopic (exact) mass is 561 g/mol. The molecule has 2 N–H and O–H groups in total. The first-order valence-corrected chi connectivity index (χ1v) is 13.4. The van der Waals surface area contributed by atoms with Gasteiger partial charge in [0.1, 0.15) is 5.82 Å². The van der Waals surface area contributed by atoms with E-state index in [1.54, 1.807) is 42.6 Å². The van der Waals surface area contributed by atoms with Gasteiger partial charge in [0.05, 0.1) is 33.8 Å². The van der Waals surface area contributed by atoms with E-state index in [2.05, 4.69) is 15.2 Å². The van der Waals surface area contributed by atoms with Crippen LogP contribution in [0.15, 0.2) is 58.4 Å². The van der Waals surface area contributed by atoms with Crippen LogP contribution in [0, 0.1) is 5.82 Å². The summed E-state index contributed by atoms with van der Waals surface area (Å²) in [5.41, 5.74) is 4.02. The van der Waals surface area contributed by atoms with Crippen molar-refractivity contribution in [3.05, 3.63) is 92.6 Å². The van der Waals surface area contributed by atoms with Crippen molar-refractivity contribution in [2.45, 2.75) is 38.6 Å². The molecule has 40 heavy (non-hydrogen) atoms.